The van der Waals surface area contributed by atoms with E-state index in [1.807, 2.05) is 0 Å². The number of hydrogen-bond acceptors (Lipinski definition) is 4. The van der Waals surface area contributed by atoms with Crippen molar-refractivity contribution in [1.29, 1.82) is 0 Å². The molecular weight excluding hydrogens is 410 g/mol. The molecule has 3 rings (SSSR count). The molecule has 3 amide bonds. The second-order valence-corrected chi connectivity index (χ2v) is 9.43. The standard InChI is InChI=1S/C19H27F4N3O4/c1-11-8-26(15(28)19(21,22)23)18(5-6-18)10-25(11)14(27)13-7-12(20)9-24(13)16(29)30-17(2,3)4/h11-13H,5-10H2,1-4H3/t11-,12+,13-/m0/s1. The predicted octanol–water partition coefficient (Wildman–Crippen LogP) is 2.49. The maximum atomic E-state index is 14.1. The molecule has 3 atom stereocenters. The Hall–Kier alpha value is -2.07. The highest BCUT2D eigenvalue weighted by atomic mass is 19.4. The molecule has 170 valence electrons. The Morgan fingerprint density at radius 3 is 2.13 bits per heavy atom. The number of nitrogens with zero attached hydrogens (tertiary/aromatic N) is 3. The molecule has 1 saturated carbocycles. The van der Waals surface area contributed by atoms with Crippen molar-refractivity contribution in [1.82, 2.24) is 14.7 Å². The molecule has 0 aromatic rings. The smallest absolute Gasteiger partial charge is 0.444 e. The van der Waals surface area contributed by atoms with Crippen LogP contribution in [0.15, 0.2) is 0 Å². The number of likely N-dealkylation sites (tertiary alicyclic amines) is 1. The van der Waals surface area contributed by atoms with E-state index < -0.39 is 53.5 Å². The second kappa shape index (κ2) is 7.26. The summed E-state index contributed by atoms with van der Waals surface area (Å²) < 4.78 is 58.3. The third-order valence-electron chi connectivity index (χ3n) is 5.78. The molecule has 0 radical (unpaired) electrons. The number of hydrogen-bond donors (Lipinski definition) is 0. The normalized spacial score (nSPS) is 28.7. The van der Waals surface area contributed by atoms with E-state index in [1.165, 1.54) is 4.90 Å². The molecule has 30 heavy (non-hydrogen) atoms. The second-order valence-electron chi connectivity index (χ2n) is 9.43. The predicted molar refractivity (Wildman–Crippen MR) is 97.1 cm³/mol. The molecule has 0 N–H and O–H groups in total. The van der Waals surface area contributed by atoms with Gasteiger partial charge in [0.2, 0.25) is 5.91 Å². The summed E-state index contributed by atoms with van der Waals surface area (Å²) in [6.45, 7) is 5.90. The van der Waals surface area contributed by atoms with E-state index in [4.69, 9.17) is 4.74 Å². The molecule has 2 saturated heterocycles. The van der Waals surface area contributed by atoms with Crippen LogP contribution in [-0.2, 0) is 14.3 Å². The van der Waals surface area contributed by atoms with Gasteiger partial charge in [-0.3, -0.25) is 14.5 Å². The Morgan fingerprint density at radius 2 is 1.63 bits per heavy atom. The van der Waals surface area contributed by atoms with Gasteiger partial charge in [0.05, 0.1) is 12.1 Å². The third kappa shape index (κ3) is 4.34. The number of alkyl halides is 4. The largest absolute Gasteiger partial charge is 0.471 e. The monoisotopic (exact) mass is 437 g/mol. The molecule has 3 aliphatic rings. The summed E-state index contributed by atoms with van der Waals surface area (Å²) in [6, 6.07) is -1.79. The maximum absolute atomic E-state index is 14.1. The van der Waals surface area contributed by atoms with E-state index in [2.05, 4.69) is 0 Å². The minimum absolute atomic E-state index is 0.0650. The molecule has 0 unspecified atom stereocenters. The average molecular weight is 437 g/mol. The van der Waals surface area contributed by atoms with Crippen molar-refractivity contribution in [2.75, 3.05) is 19.6 Å². The van der Waals surface area contributed by atoms with Crippen LogP contribution >= 0.6 is 0 Å². The fraction of sp³-hybridized carbons (Fsp3) is 0.842. The van der Waals surface area contributed by atoms with Gasteiger partial charge in [0.15, 0.2) is 0 Å². The Balaban J connectivity index is 1.77. The molecule has 0 bridgehead atoms. The van der Waals surface area contributed by atoms with Crippen LogP contribution < -0.4 is 0 Å². The first-order valence-corrected chi connectivity index (χ1v) is 9.97. The molecule has 2 heterocycles. The van der Waals surface area contributed by atoms with Crippen LogP contribution in [0.4, 0.5) is 22.4 Å². The summed E-state index contributed by atoms with van der Waals surface area (Å²) in [6.07, 6.45) is -6.67. The van der Waals surface area contributed by atoms with Crippen LogP contribution in [0.5, 0.6) is 0 Å². The van der Waals surface area contributed by atoms with Crippen molar-refractivity contribution in [2.45, 2.75) is 82.5 Å². The first kappa shape index (κ1) is 22.6. The van der Waals surface area contributed by atoms with Crippen LogP contribution in [0.3, 0.4) is 0 Å². The summed E-state index contributed by atoms with van der Waals surface area (Å²) in [7, 11) is 0. The summed E-state index contributed by atoms with van der Waals surface area (Å²) >= 11 is 0. The zero-order chi connectivity index (χ0) is 22.6. The van der Waals surface area contributed by atoms with Crippen LogP contribution in [-0.4, -0.2) is 87.8 Å². The lowest BCUT2D eigenvalue weighted by molar-refractivity contribution is -0.193. The highest BCUT2D eigenvalue weighted by Crippen LogP contribution is 2.47. The lowest BCUT2D eigenvalue weighted by Gasteiger charge is -2.47. The van der Waals surface area contributed by atoms with Gasteiger partial charge >= 0.3 is 18.2 Å². The van der Waals surface area contributed by atoms with Gasteiger partial charge in [0.25, 0.3) is 0 Å². The highest BCUT2D eigenvalue weighted by Gasteiger charge is 2.60. The lowest BCUT2D eigenvalue weighted by Crippen LogP contribution is -2.65. The number of ether oxygens (including phenoxy) is 1. The molecule has 3 fully saturated rings. The average Bonchev–Trinajstić information content (AvgIpc) is 3.25. The molecule has 0 aromatic heterocycles. The zero-order valence-electron chi connectivity index (χ0n) is 17.5. The fourth-order valence-electron chi connectivity index (χ4n) is 4.17. The van der Waals surface area contributed by atoms with Gasteiger partial charge in [0, 0.05) is 25.6 Å². The molecule has 1 aliphatic carbocycles. The maximum Gasteiger partial charge on any atom is 0.471 e. The van der Waals surface area contributed by atoms with Crippen molar-refractivity contribution in [3.8, 4) is 0 Å². The van der Waals surface area contributed by atoms with E-state index in [1.54, 1.807) is 27.7 Å². The number of carbonyl (C=O) groups excluding carboxylic acids is 3. The minimum atomic E-state index is -4.98. The van der Waals surface area contributed by atoms with Crippen LogP contribution in [0.25, 0.3) is 0 Å². The van der Waals surface area contributed by atoms with Crippen molar-refractivity contribution < 1.29 is 36.7 Å². The van der Waals surface area contributed by atoms with Crippen LogP contribution in [0, 0.1) is 0 Å². The van der Waals surface area contributed by atoms with Gasteiger partial charge in [-0.1, -0.05) is 0 Å². The van der Waals surface area contributed by atoms with Crippen molar-refractivity contribution >= 4 is 17.9 Å². The van der Waals surface area contributed by atoms with Gasteiger partial charge in [0.1, 0.15) is 17.8 Å². The van der Waals surface area contributed by atoms with Gasteiger partial charge < -0.3 is 14.5 Å². The van der Waals surface area contributed by atoms with Crippen molar-refractivity contribution in [3.05, 3.63) is 0 Å². The Labute approximate surface area is 172 Å². The first-order valence-electron chi connectivity index (χ1n) is 9.97. The molecule has 1 spiro atoms. The molecule has 7 nitrogen and oxygen atoms in total. The van der Waals surface area contributed by atoms with Crippen molar-refractivity contribution in [3.63, 3.8) is 0 Å². The molecule has 11 heteroatoms. The number of piperazine rings is 1. The Morgan fingerprint density at radius 1 is 1.03 bits per heavy atom. The summed E-state index contributed by atoms with van der Waals surface area (Å²) in [5.74, 6) is -2.43. The van der Waals surface area contributed by atoms with Gasteiger partial charge in [-0.05, 0) is 40.5 Å². The molecular formula is C19H27F4N3O4. The highest BCUT2D eigenvalue weighted by molar-refractivity contribution is 5.88. The number of rotatable bonds is 1. The Kier molecular flexibility index (Phi) is 5.47. The van der Waals surface area contributed by atoms with Gasteiger partial charge in [-0.2, -0.15) is 13.2 Å². The number of halogens is 4. The van der Waals surface area contributed by atoms with Crippen LogP contribution in [0.1, 0.15) is 47.0 Å². The first-order chi connectivity index (χ1) is 13.6. The van der Waals surface area contributed by atoms with Crippen LogP contribution in [0.2, 0.25) is 0 Å². The molecule has 0 aromatic carbocycles. The van der Waals surface area contributed by atoms with Crippen molar-refractivity contribution in [2.24, 2.45) is 0 Å². The molecule has 2 aliphatic heterocycles. The van der Waals surface area contributed by atoms with E-state index in [0.29, 0.717) is 12.8 Å². The lowest BCUT2D eigenvalue weighted by atomic mass is 10.0. The van der Waals surface area contributed by atoms with E-state index in [-0.39, 0.29) is 26.1 Å². The van der Waals surface area contributed by atoms with E-state index in [0.717, 1.165) is 9.80 Å². The topological polar surface area (TPSA) is 70.2 Å². The van der Waals surface area contributed by atoms with Gasteiger partial charge in [-0.15, -0.1) is 0 Å². The summed E-state index contributed by atoms with van der Waals surface area (Å²) in [5, 5.41) is 0. The minimum Gasteiger partial charge on any atom is -0.444 e. The van der Waals surface area contributed by atoms with Gasteiger partial charge in [-0.25, -0.2) is 9.18 Å². The van der Waals surface area contributed by atoms with E-state index >= 15 is 0 Å². The number of amides is 3. The number of carbonyl (C=O) groups is 3. The van der Waals surface area contributed by atoms with E-state index in [9.17, 15) is 31.9 Å². The zero-order valence-corrected chi connectivity index (χ0v) is 17.5. The summed E-state index contributed by atoms with van der Waals surface area (Å²) in [4.78, 5) is 40.8. The summed E-state index contributed by atoms with van der Waals surface area (Å²) in [5.41, 5.74) is -1.87. The SMILES string of the molecule is C[C@H]1CN(C(=O)C(F)(F)F)C2(CC2)CN1C(=O)[C@@H]1C[C@@H](F)CN1C(=O)OC(C)(C)C. The quantitative estimate of drug-likeness (QED) is 0.591. The fourth-order valence-corrected chi connectivity index (χ4v) is 4.17. The third-order valence-corrected chi connectivity index (χ3v) is 5.78. The Bertz CT molecular complexity index is 732.